The van der Waals surface area contributed by atoms with Crippen LogP contribution in [-0.4, -0.2) is 31.9 Å². The maximum atomic E-state index is 12.0. The van der Waals surface area contributed by atoms with E-state index in [4.69, 9.17) is 4.74 Å². The molecule has 5 nitrogen and oxygen atoms in total. The summed E-state index contributed by atoms with van der Waals surface area (Å²) in [6.45, 7) is 2.09. The van der Waals surface area contributed by atoms with Gasteiger partial charge >= 0.3 is 0 Å². The molecule has 130 valence electrons. The molecule has 0 spiro atoms. The highest BCUT2D eigenvalue weighted by Gasteiger charge is 2.11. The fourth-order valence-electron chi connectivity index (χ4n) is 2.93. The molecule has 25 heavy (non-hydrogen) atoms. The first kappa shape index (κ1) is 17.0. The summed E-state index contributed by atoms with van der Waals surface area (Å²) < 4.78 is 5.42. The Morgan fingerprint density at radius 3 is 2.56 bits per heavy atom. The summed E-state index contributed by atoms with van der Waals surface area (Å²) in [6.07, 6.45) is 4.53. The number of hydrogen-bond donors (Lipinski definition) is 1. The lowest BCUT2D eigenvalue weighted by Gasteiger charge is -2.28. The number of amides is 1. The monoisotopic (exact) mass is 338 g/mol. The largest absolute Gasteiger partial charge is 0.484 e. The first-order valence-corrected chi connectivity index (χ1v) is 8.57. The minimum Gasteiger partial charge on any atom is -0.484 e. The van der Waals surface area contributed by atoms with E-state index < -0.39 is 0 Å². The molecule has 1 aliphatic rings. The Balaban J connectivity index is 1.51. The van der Waals surface area contributed by atoms with Crippen molar-refractivity contribution in [3.63, 3.8) is 0 Å². The fraction of sp³-hybridized carbons (Fsp3) is 0.300. The van der Waals surface area contributed by atoms with Gasteiger partial charge in [-0.2, -0.15) is 0 Å². The SMILES string of the molecule is O=Cc1cccc(OCC(=O)Nc2ccc(N3CCCCC3)cc2)c1. The van der Waals surface area contributed by atoms with Crippen LogP contribution in [0.25, 0.3) is 0 Å². The average molecular weight is 338 g/mol. The van der Waals surface area contributed by atoms with Gasteiger partial charge in [-0.15, -0.1) is 0 Å². The number of benzene rings is 2. The van der Waals surface area contributed by atoms with Gasteiger partial charge in [0.15, 0.2) is 6.61 Å². The van der Waals surface area contributed by atoms with E-state index in [-0.39, 0.29) is 12.5 Å². The second-order valence-corrected chi connectivity index (χ2v) is 6.12. The van der Waals surface area contributed by atoms with Crippen molar-refractivity contribution in [3.8, 4) is 5.75 Å². The maximum absolute atomic E-state index is 12.0. The number of anilines is 2. The summed E-state index contributed by atoms with van der Waals surface area (Å²) in [5.74, 6) is 0.266. The van der Waals surface area contributed by atoms with Gasteiger partial charge in [0.05, 0.1) is 0 Å². The second-order valence-electron chi connectivity index (χ2n) is 6.12. The van der Waals surface area contributed by atoms with Crippen LogP contribution in [-0.2, 0) is 4.79 Å². The number of hydrogen-bond acceptors (Lipinski definition) is 4. The number of carbonyl (C=O) groups excluding carboxylic acids is 2. The number of piperidine rings is 1. The van der Waals surface area contributed by atoms with Crippen LogP contribution < -0.4 is 15.0 Å². The van der Waals surface area contributed by atoms with Crippen LogP contribution in [0.4, 0.5) is 11.4 Å². The van der Waals surface area contributed by atoms with Crippen molar-refractivity contribution in [2.24, 2.45) is 0 Å². The summed E-state index contributed by atoms with van der Waals surface area (Å²) >= 11 is 0. The normalized spacial score (nSPS) is 14.0. The standard InChI is InChI=1S/C20H22N2O3/c23-14-16-5-4-6-19(13-16)25-15-20(24)21-17-7-9-18(10-8-17)22-11-2-1-3-12-22/h4-10,13-14H,1-3,11-12,15H2,(H,21,24). The van der Waals surface area contributed by atoms with Gasteiger partial charge in [-0.3, -0.25) is 9.59 Å². The zero-order valence-electron chi connectivity index (χ0n) is 14.1. The van der Waals surface area contributed by atoms with Gasteiger partial charge in [0.25, 0.3) is 5.91 Å². The molecule has 1 fully saturated rings. The van der Waals surface area contributed by atoms with Crippen molar-refractivity contribution in [2.75, 3.05) is 29.9 Å². The van der Waals surface area contributed by atoms with Gasteiger partial charge < -0.3 is 15.0 Å². The lowest BCUT2D eigenvalue weighted by Crippen LogP contribution is -2.29. The number of rotatable bonds is 6. The Morgan fingerprint density at radius 2 is 1.84 bits per heavy atom. The number of carbonyl (C=O) groups is 2. The summed E-state index contributed by atoms with van der Waals surface area (Å²) in [5.41, 5.74) is 2.46. The summed E-state index contributed by atoms with van der Waals surface area (Å²) in [7, 11) is 0. The van der Waals surface area contributed by atoms with Crippen molar-refractivity contribution in [2.45, 2.75) is 19.3 Å². The van der Waals surface area contributed by atoms with Gasteiger partial charge in [0, 0.05) is 30.0 Å². The van der Waals surface area contributed by atoms with E-state index in [0.29, 0.717) is 11.3 Å². The minimum absolute atomic E-state index is 0.101. The average Bonchev–Trinajstić information content (AvgIpc) is 2.68. The lowest BCUT2D eigenvalue weighted by atomic mass is 10.1. The van der Waals surface area contributed by atoms with Crippen molar-refractivity contribution >= 4 is 23.6 Å². The molecule has 0 aliphatic carbocycles. The highest BCUT2D eigenvalue weighted by Crippen LogP contribution is 2.21. The summed E-state index contributed by atoms with van der Waals surface area (Å²) in [6, 6.07) is 14.6. The number of ether oxygens (including phenoxy) is 1. The van der Waals surface area contributed by atoms with Crippen LogP contribution in [0.15, 0.2) is 48.5 Å². The maximum Gasteiger partial charge on any atom is 0.262 e. The van der Waals surface area contributed by atoms with Crippen LogP contribution in [0.1, 0.15) is 29.6 Å². The molecule has 2 aromatic rings. The predicted octanol–water partition coefficient (Wildman–Crippen LogP) is 3.51. The summed E-state index contributed by atoms with van der Waals surface area (Å²) in [4.78, 5) is 25.1. The van der Waals surface area contributed by atoms with Crippen molar-refractivity contribution in [1.29, 1.82) is 0 Å². The molecule has 0 aromatic heterocycles. The van der Waals surface area contributed by atoms with E-state index in [0.717, 1.165) is 25.1 Å². The van der Waals surface area contributed by atoms with Crippen molar-refractivity contribution in [3.05, 3.63) is 54.1 Å². The number of aldehydes is 1. The van der Waals surface area contributed by atoms with E-state index in [2.05, 4.69) is 10.2 Å². The minimum atomic E-state index is -0.234. The zero-order chi connectivity index (χ0) is 17.5. The van der Waals surface area contributed by atoms with E-state index in [1.165, 1.54) is 24.9 Å². The Bertz CT molecular complexity index is 722. The molecule has 1 heterocycles. The van der Waals surface area contributed by atoms with Gasteiger partial charge in [-0.05, 0) is 55.7 Å². The fourth-order valence-corrected chi connectivity index (χ4v) is 2.93. The van der Waals surface area contributed by atoms with E-state index in [1.54, 1.807) is 24.3 Å². The summed E-state index contributed by atoms with van der Waals surface area (Å²) in [5, 5.41) is 2.82. The molecule has 0 bridgehead atoms. The third kappa shape index (κ3) is 4.83. The molecule has 2 aromatic carbocycles. The van der Waals surface area contributed by atoms with Crippen LogP contribution in [0.3, 0.4) is 0 Å². The van der Waals surface area contributed by atoms with E-state index >= 15 is 0 Å². The van der Waals surface area contributed by atoms with E-state index in [9.17, 15) is 9.59 Å². The quantitative estimate of drug-likeness (QED) is 0.819. The number of nitrogens with one attached hydrogen (secondary N) is 1. The zero-order valence-corrected chi connectivity index (χ0v) is 14.1. The third-order valence-corrected chi connectivity index (χ3v) is 4.24. The molecule has 1 aliphatic heterocycles. The van der Waals surface area contributed by atoms with Crippen LogP contribution in [0.5, 0.6) is 5.75 Å². The molecule has 1 N–H and O–H groups in total. The highest BCUT2D eigenvalue weighted by molar-refractivity contribution is 5.92. The molecule has 0 atom stereocenters. The van der Waals surface area contributed by atoms with Gasteiger partial charge in [-0.1, -0.05) is 12.1 Å². The first-order valence-electron chi connectivity index (χ1n) is 8.57. The van der Waals surface area contributed by atoms with Crippen molar-refractivity contribution in [1.82, 2.24) is 0 Å². The van der Waals surface area contributed by atoms with Crippen LogP contribution in [0.2, 0.25) is 0 Å². The molecule has 0 saturated carbocycles. The smallest absolute Gasteiger partial charge is 0.262 e. The van der Waals surface area contributed by atoms with Gasteiger partial charge in [0.2, 0.25) is 0 Å². The van der Waals surface area contributed by atoms with Crippen LogP contribution >= 0.6 is 0 Å². The molecule has 1 amide bonds. The Kier molecular flexibility index (Phi) is 5.67. The molecule has 3 rings (SSSR count). The van der Waals surface area contributed by atoms with Crippen molar-refractivity contribution < 1.29 is 14.3 Å². The topological polar surface area (TPSA) is 58.6 Å². The van der Waals surface area contributed by atoms with Gasteiger partial charge in [-0.25, -0.2) is 0 Å². The molecule has 0 unspecified atom stereocenters. The molecular formula is C20H22N2O3. The molecule has 0 radical (unpaired) electrons. The highest BCUT2D eigenvalue weighted by atomic mass is 16.5. The lowest BCUT2D eigenvalue weighted by molar-refractivity contribution is -0.118. The Hall–Kier alpha value is -2.82. The molecule has 5 heteroatoms. The third-order valence-electron chi connectivity index (χ3n) is 4.24. The molecule has 1 saturated heterocycles. The Labute approximate surface area is 147 Å². The Morgan fingerprint density at radius 1 is 1.08 bits per heavy atom. The van der Waals surface area contributed by atoms with Crippen LogP contribution in [0, 0.1) is 0 Å². The first-order chi connectivity index (χ1) is 12.2. The number of nitrogens with zero attached hydrogens (tertiary/aromatic N) is 1. The van der Waals surface area contributed by atoms with Gasteiger partial charge in [0.1, 0.15) is 12.0 Å². The second kappa shape index (κ2) is 8.33. The molecular weight excluding hydrogens is 316 g/mol. The van der Waals surface area contributed by atoms with E-state index in [1.807, 2.05) is 24.3 Å². The predicted molar refractivity (Wildman–Crippen MR) is 98.5 cm³/mol.